The number of esters is 3. The summed E-state index contributed by atoms with van der Waals surface area (Å²) in [5, 5.41) is 0. The number of rotatable bonds is 51. The maximum absolute atomic E-state index is 12.8. The van der Waals surface area contributed by atoms with E-state index in [2.05, 4.69) is 34.6 Å². The molecule has 0 aliphatic carbocycles. The number of hydrogen-bond donors (Lipinski definition) is 0. The number of carbonyl (C=O) groups excluding carboxylic acids is 3. The second-order valence-electron chi connectivity index (χ2n) is 20.5. The molecule has 0 spiro atoms. The minimum atomic E-state index is -0.762. The zero-order chi connectivity index (χ0) is 46.1. The Hall–Kier alpha value is -1.59. The lowest BCUT2D eigenvalue weighted by atomic mass is 10.0. The first kappa shape index (κ1) is 61.4. The summed E-state index contributed by atoms with van der Waals surface area (Å²) in [7, 11) is 0. The van der Waals surface area contributed by atoms with Gasteiger partial charge in [0.15, 0.2) is 6.10 Å². The minimum absolute atomic E-state index is 0.0630. The lowest BCUT2D eigenvalue weighted by molar-refractivity contribution is -0.167. The summed E-state index contributed by atoms with van der Waals surface area (Å²) in [6.07, 6.45) is 52.3. The summed E-state index contributed by atoms with van der Waals surface area (Å²) in [4.78, 5) is 38.1. The van der Waals surface area contributed by atoms with Gasteiger partial charge in [-0.3, -0.25) is 14.4 Å². The Labute approximate surface area is 393 Å². The van der Waals surface area contributed by atoms with Gasteiger partial charge in [0.25, 0.3) is 0 Å². The molecule has 374 valence electrons. The topological polar surface area (TPSA) is 78.9 Å². The van der Waals surface area contributed by atoms with E-state index in [0.717, 1.165) is 69.6 Å². The van der Waals surface area contributed by atoms with Gasteiger partial charge in [0.1, 0.15) is 13.2 Å². The van der Waals surface area contributed by atoms with Gasteiger partial charge in [0, 0.05) is 19.3 Å². The van der Waals surface area contributed by atoms with Gasteiger partial charge in [-0.15, -0.1) is 0 Å². The van der Waals surface area contributed by atoms with E-state index in [-0.39, 0.29) is 31.1 Å². The normalized spacial score (nSPS) is 12.0. The quantitative estimate of drug-likeness (QED) is 0.0344. The van der Waals surface area contributed by atoms with E-state index in [1.165, 1.54) is 205 Å². The summed E-state index contributed by atoms with van der Waals surface area (Å²) >= 11 is 0. The van der Waals surface area contributed by atoms with Crippen LogP contribution in [0.3, 0.4) is 0 Å². The fraction of sp³-hybridized carbons (Fsp3) is 0.947. The monoisotopic (exact) mass is 891 g/mol. The molecule has 0 bridgehead atoms. The fourth-order valence-electron chi connectivity index (χ4n) is 8.70. The Morgan fingerprint density at radius 3 is 0.778 bits per heavy atom. The second kappa shape index (κ2) is 49.8. The largest absolute Gasteiger partial charge is 0.462 e. The van der Waals surface area contributed by atoms with Crippen LogP contribution in [0.4, 0.5) is 0 Å². The van der Waals surface area contributed by atoms with Crippen molar-refractivity contribution in [1.82, 2.24) is 0 Å². The molecule has 63 heavy (non-hydrogen) atoms. The molecule has 0 aliphatic heterocycles. The first-order valence-corrected chi connectivity index (χ1v) is 28.2. The maximum atomic E-state index is 12.8. The van der Waals surface area contributed by atoms with Crippen LogP contribution < -0.4 is 0 Å². The van der Waals surface area contributed by atoms with Gasteiger partial charge in [-0.2, -0.15) is 0 Å². The van der Waals surface area contributed by atoms with Crippen LogP contribution in [0.1, 0.15) is 317 Å². The standard InChI is InChI=1S/C57H110O6/c1-6-7-8-9-10-11-12-13-14-15-18-22-29-34-39-44-49-57(60)63-54(51-62-56(59)48-43-38-33-28-24-23-26-31-36-41-46-53(4)5)50-61-55(58)47-42-37-32-27-21-19-16-17-20-25-30-35-40-45-52(2)3/h52-54H,6-51H2,1-5H3/t54-/m1/s1. The second-order valence-corrected chi connectivity index (χ2v) is 20.5. The molecule has 0 aliphatic rings. The smallest absolute Gasteiger partial charge is 0.306 e. The SMILES string of the molecule is CCCCCCCCCCCCCCCCCCC(=O)O[C@H](COC(=O)CCCCCCCCCCCCCCCC(C)C)COC(=O)CCCCCCCCCCCCC(C)C. The highest BCUT2D eigenvalue weighted by molar-refractivity contribution is 5.71. The van der Waals surface area contributed by atoms with Crippen LogP contribution in [0.15, 0.2) is 0 Å². The van der Waals surface area contributed by atoms with Gasteiger partial charge in [0.05, 0.1) is 0 Å². The van der Waals surface area contributed by atoms with Crippen LogP contribution >= 0.6 is 0 Å². The molecule has 0 saturated carbocycles. The molecule has 6 heteroatoms. The number of hydrogen-bond acceptors (Lipinski definition) is 6. The molecular weight excluding hydrogens is 781 g/mol. The average molecular weight is 892 g/mol. The Kier molecular flexibility index (Phi) is 48.6. The van der Waals surface area contributed by atoms with E-state index < -0.39 is 6.10 Å². The van der Waals surface area contributed by atoms with E-state index >= 15 is 0 Å². The summed E-state index contributed by atoms with van der Waals surface area (Å²) in [6.45, 7) is 11.4. The van der Waals surface area contributed by atoms with Gasteiger partial charge in [0.2, 0.25) is 0 Å². The summed E-state index contributed by atoms with van der Waals surface area (Å²) in [6, 6.07) is 0. The predicted octanol–water partition coefficient (Wildman–Crippen LogP) is 18.5. The number of ether oxygens (including phenoxy) is 3. The van der Waals surface area contributed by atoms with Crippen molar-refractivity contribution in [1.29, 1.82) is 0 Å². The van der Waals surface area contributed by atoms with Crippen molar-refractivity contribution in [2.75, 3.05) is 13.2 Å². The molecule has 0 amide bonds. The van der Waals surface area contributed by atoms with Crippen molar-refractivity contribution in [3.05, 3.63) is 0 Å². The van der Waals surface area contributed by atoms with E-state index in [4.69, 9.17) is 14.2 Å². The summed E-state index contributed by atoms with van der Waals surface area (Å²) < 4.78 is 16.9. The number of unbranched alkanes of at least 4 members (excludes halogenated alkanes) is 36. The molecule has 0 heterocycles. The van der Waals surface area contributed by atoms with E-state index in [1.54, 1.807) is 0 Å². The fourth-order valence-corrected chi connectivity index (χ4v) is 8.70. The average Bonchev–Trinajstić information content (AvgIpc) is 3.25. The van der Waals surface area contributed by atoms with Gasteiger partial charge in [-0.1, -0.05) is 279 Å². The van der Waals surface area contributed by atoms with Crippen molar-refractivity contribution < 1.29 is 28.6 Å². The Morgan fingerprint density at radius 1 is 0.302 bits per heavy atom. The minimum Gasteiger partial charge on any atom is -0.462 e. The van der Waals surface area contributed by atoms with Gasteiger partial charge in [-0.05, 0) is 31.1 Å². The van der Waals surface area contributed by atoms with Crippen molar-refractivity contribution in [2.24, 2.45) is 11.8 Å². The highest BCUT2D eigenvalue weighted by atomic mass is 16.6. The first-order chi connectivity index (χ1) is 30.7. The van der Waals surface area contributed by atoms with Gasteiger partial charge >= 0.3 is 17.9 Å². The Balaban J connectivity index is 4.30. The lowest BCUT2D eigenvalue weighted by Crippen LogP contribution is -2.30. The molecular formula is C57H110O6. The Bertz CT molecular complexity index is 962. The lowest BCUT2D eigenvalue weighted by Gasteiger charge is -2.18. The molecule has 0 unspecified atom stereocenters. The molecule has 1 atom stereocenters. The van der Waals surface area contributed by atoms with Gasteiger partial charge in [-0.25, -0.2) is 0 Å². The molecule has 0 aromatic rings. The van der Waals surface area contributed by atoms with Crippen LogP contribution in [-0.2, 0) is 28.6 Å². The first-order valence-electron chi connectivity index (χ1n) is 28.2. The summed E-state index contributed by atoms with van der Waals surface area (Å²) in [5.41, 5.74) is 0. The van der Waals surface area contributed by atoms with Crippen LogP contribution in [-0.4, -0.2) is 37.2 Å². The van der Waals surface area contributed by atoms with Crippen molar-refractivity contribution in [3.8, 4) is 0 Å². The van der Waals surface area contributed by atoms with Crippen LogP contribution in [0.2, 0.25) is 0 Å². The molecule has 0 N–H and O–H groups in total. The third kappa shape index (κ3) is 51.3. The molecule has 0 rings (SSSR count). The van der Waals surface area contributed by atoms with E-state index in [0.29, 0.717) is 19.3 Å². The zero-order valence-corrected chi connectivity index (χ0v) is 43.2. The predicted molar refractivity (Wildman–Crippen MR) is 270 cm³/mol. The van der Waals surface area contributed by atoms with Crippen molar-refractivity contribution in [2.45, 2.75) is 323 Å². The van der Waals surface area contributed by atoms with Crippen LogP contribution in [0.25, 0.3) is 0 Å². The Morgan fingerprint density at radius 2 is 0.524 bits per heavy atom. The maximum Gasteiger partial charge on any atom is 0.306 e. The third-order valence-electron chi connectivity index (χ3n) is 13.0. The molecule has 0 aromatic carbocycles. The van der Waals surface area contributed by atoms with Crippen molar-refractivity contribution in [3.63, 3.8) is 0 Å². The molecule has 0 fully saturated rings. The van der Waals surface area contributed by atoms with Crippen LogP contribution in [0.5, 0.6) is 0 Å². The van der Waals surface area contributed by atoms with Crippen molar-refractivity contribution >= 4 is 17.9 Å². The molecule has 0 radical (unpaired) electrons. The molecule has 0 saturated heterocycles. The zero-order valence-electron chi connectivity index (χ0n) is 43.2. The highest BCUT2D eigenvalue weighted by Gasteiger charge is 2.19. The third-order valence-corrected chi connectivity index (χ3v) is 13.0. The van der Waals surface area contributed by atoms with Gasteiger partial charge < -0.3 is 14.2 Å². The van der Waals surface area contributed by atoms with E-state index in [1.807, 2.05) is 0 Å². The summed E-state index contributed by atoms with van der Waals surface area (Å²) in [5.74, 6) is 0.817. The number of carbonyl (C=O) groups is 3. The highest BCUT2D eigenvalue weighted by Crippen LogP contribution is 2.18. The molecule has 6 nitrogen and oxygen atoms in total. The molecule has 0 aromatic heterocycles. The van der Waals surface area contributed by atoms with E-state index in [9.17, 15) is 14.4 Å². The van der Waals surface area contributed by atoms with Crippen LogP contribution in [0, 0.1) is 11.8 Å².